The van der Waals surface area contributed by atoms with Gasteiger partial charge in [0.1, 0.15) is 18.2 Å². The molecule has 0 bridgehead atoms. The van der Waals surface area contributed by atoms with Crippen molar-refractivity contribution in [3.8, 4) is 17.1 Å². The van der Waals surface area contributed by atoms with Gasteiger partial charge in [0.05, 0.1) is 0 Å². The van der Waals surface area contributed by atoms with E-state index in [-0.39, 0.29) is 6.04 Å². The molecule has 1 aromatic heterocycles. The van der Waals surface area contributed by atoms with Gasteiger partial charge in [-0.2, -0.15) is 13.2 Å². The number of benzene rings is 2. The Bertz CT molecular complexity index is 853. The van der Waals surface area contributed by atoms with Crippen LogP contribution in [-0.4, -0.2) is 9.55 Å². The van der Waals surface area contributed by atoms with Crippen LogP contribution < -0.4 is 4.74 Å². The van der Waals surface area contributed by atoms with Gasteiger partial charge in [0.25, 0.3) is 0 Å². The lowest BCUT2D eigenvalue weighted by atomic mass is 10.2. The van der Waals surface area contributed by atoms with E-state index in [9.17, 15) is 13.2 Å². The number of ether oxygens (including phenoxy) is 1. The third-order valence-corrected chi connectivity index (χ3v) is 3.94. The summed E-state index contributed by atoms with van der Waals surface area (Å²) in [7, 11) is 0. The lowest BCUT2D eigenvalue weighted by Gasteiger charge is -2.12. The van der Waals surface area contributed by atoms with Crippen molar-refractivity contribution in [1.82, 2.24) is 9.55 Å². The standard InChI is InChI=1S/C20H19F3N2O/c1-14(2)25-12-18(20(21,22)23)24-19(25)16-8-10-17(11-9-16)26-13-15-6-4-3-5-7-15/h3-12,14H,13H2,1-2H3. The van der Waals surface area contributed by atoms with Crippen LogP contribution in [-0.2, 0) is 12.8 Å². The first-order valence-corrected chi connectivity index (χ1v) is 8.28. The average molecular weight is 360 g/mol. The monoisotopic (exact) mass is 360 g/mol. The number of nitrogens with zero attached hydrogens (tertiary/aromatic N) is 2. The minimum atomic E-state index is -4.46. The molecule has 26 heavy (non-hydrogen) atoms. The highest BCUT2D eigenvalue weighted by molar-refractivity contribution is 5.57. The topological polar surface area (TPSA) is 27.1 Å². The number of alkyl halides is 3. The van der Waals surface area contributed by atoms with Crippen molar-refractivity contribution in [2.45, 2.75) is 32.7 Å². The van der Waals surface area contributed by atoms with Crippen LogP contribution in [0.5, 0.6) is 5.75 Å². The highest BCUT2D eigenvalue weighted by atomic mass is 19.4. The zero-order valence-corrected chi connectivity index (χ0v) is 14.5. The maximum absolute atomic E-state index is 13.0. The van der Waals surface area contributed by atoms with Gasteiger partial charge in [0.15, 0.2) is 5.69 Å². The van der Waals surface area contributed by atoms with Gasteiger partial charge >= 0.3 is 6.18 Å². The molecule has 0 radical (unpaired) electrons. The van der Waals surface area contributed by atoms with Gasteiger partial charge in [0.2, 0.25) is 0 Å². The number of hydrogen-bond acceptors (Lipinski definition) is 2. The van der Waals surface area contributed by atoms with Crippen LogP contribution in [0.25, 0.3) is 11.4 Å². The van der Waals surface area contributed by atoms with Crippen LogP contribution in [0.4, 0.5) is 13.2 Å². The molecule has 0 aliphatic heterocycles. The summed E-state index contributed by atoms with van der Waals surface area (Å²) in [5.41, 5.74) is 0.772. The first-order chi connectivity index (χ1) is 12.3. The summed E-state index contributed by atoms with van der Waals surface area (Å²) in [4.78, 5) is 3.79. The zero-order valence-electron chi connectivity index (χ0n) is 14.5. The smallest absolute Gasteiger partial charge is 0.434 e. The molecule has 0 saturated carbocycles. The second kappa shape index (κ2) is 7.23. The molecule has 0 aliphatic carbocycles. The second-order valence-electron chi connectivity index (χ2n) is 6.25. The van der Waals surface area contributed by atoms with Crippen LogP contribution in [0, 0.1) is 0 Å². The van der Waals surface area contributed by atoms with Crippen LogP contribution in [0.2, 0.25) is 0 Å². The number of aromatic nitrogens is 2. The molecule has 0 spiro atoms. The van der Waals surface area contributed by atoms with E-state index >= 15 is 0 Å². The van der Waals surface area contributed by atoms with Gasteiger partial charge in [0, 0.05) is 17.8 Å². The number of hydrogen-bond donors (Lipinski definition) is 0. The molecule has 6 heteroatoms. The molecule has 3 aromatic rings. The Balaban J connectivity index is 1.81. The first kappa shape index (κ1) is 18.0. The summed E-state index contributed by atoms with van der Waals surface area (Å²) in [5.74, 6) is 0.943. The van der Waals surface area contributed by atoms with E-state index in [0.29, 0.717) is 23.7 Å². The molecule has 0 fully saturated rings. The van der Waals surface area contributed by atoms with Gasteiger partial charge in [-0.25, -0.2) is 4.98 Å². The highest BCUT2D eigenvalue weighted by Gasteiger charge is 2.35. The van der Waals surface area contributed by atoms with E-state index in [4.69, 9.17) is 4.74 Å². The molecule has 0 saturated heterocycles. The van der Waals surface area contributed by atoms with Crippen LogP contribution in [0.3, 0.4) is 0 Å². The Labute approximate surface area is 150 Å². The van der Waals surface area contributed by atoms with Gasteiger partial charge in [-0.15, -0.1) is 0 Å². The number of halogens is 3. The lowest BCUT2D eigenvalue weighted by molar-refractivity contribution is -0.140. The molecule has 3 nitrogen and oxygen atoms in total. The summed E-state index contributed by atoms with van der Waals surface area (Å²) in [5, 5.41) is 0. The average Bonchev–Trinajstić information content (AvgIpc) is 3.07. The Hall–Kier alpha value is -2.76. The molecule has 3 rings (SSSR count). The molecule has 0 N–H and O–H groups in total. The maximum atomic E-state index is 13.0. The number of imidazole rings is 1. The van der Waals surface area contributed by atoms with E-state index in [1.54, 1.807) is 24.3 Å². The minimum Gasteiger partial charge on any atom is -0.489 e. The van der Waals surface area contributed by atoms with E-state index < -0.39 is 11.9 Å². The molecule has 0 amide bonds. The van der Waals surface area contributed by atoms with Crippen molar-refractivity contribution >= 4 is 0 Å². The van der Waals surface area contributed by atoms with Crippen molar-refractivity contribution in [1.29, 1.82) is 0 Å². The minimum absolute atomic E-state index is 0.136. The molecular formula is C20H19F3N2O. The van der Waals surface area contributed by atoms with Crippen molar-refractivity contribution in [3.05, 3.63) is 72.1 Å². The molecule has 1 heterocycles. The predicted octanol–water partition coefficient (Wildman–Crippen LogP) is 5.73. The van der Waals surface area contributed by atoms with Crippen LogP contribution >= 0.6 is 0 Å². The molecule has 0 atom stereocenters. The summed E-state index contributed by atoms with van der Waals surface area (Å²) in [6.45, 7) is 4.07. The summed E-state index contributed by atoms with van der Waals surface area (Å²) >= 11 is 0. The Kier molecular flexibility index (Phi) is 5.02. The lowest BCUT2D eigenvalue weighted by Crippen LogP contribution is -2.05. The van der Waals surface area contributed by atoms with Gasteiger partial charge in [-0.1, -0.05) is 30.3 Å². The van der Waals surface area contributed by atoms with E-state index in [1.807, 2.05) is 44.2 Å². The number of rotatable bonds is 5. The fraction of sp³-hybridized carbons (Fsp3) is 0.250. The summed E-state index contributed by atoms with van der Waals surface area (Å²) in [6, 6.07) is 16.5. The second-order valence-corrected chi connectivity index (χ2v) is 6.25. The van der Waals surface area contributed by atoms with E-state index in [0.717, 1.165) is 11.8 Å². The molecule has 136 valence electrons. The van der Waals surface area contributed by atoms with Gasteiger partial charge in [-0.3, -0.25) is 0 Å². The molecular weight excluding hydrogens is 341 g/mol. The summed E-state index contributed by atoms with van der Waals surface area (Å²) < 4.78 is 46.2. The Morgan fingerprint density at radius 1 is 1.00 bits per heavy atom. The Morgan fingerprint density at radius 3 is 2.23 bits per heavy atom. The third-order valence-electron chi connectivity index (χ3n) is 3.94. The Morgan fingerprint density at radius 2 is 1.65 bits per heavy atom. The zero-order chi connectivity index (χ0) is 18.7. The van der Waals surface area contributed by atoms with Crippen molar-refractivity contribution < 1.29 is 17.9 Å². The molecule has 0 aliphatic rings. The predicted molar refractivity (Wildman–Crippen MR) is 93.8 cm³/mol. The van der Waals surface area contributed by atoms with Crippen molar-refractivity contribution in [2.75, 3.05) is 0 Å². The quantitative estimate of drug-likeness (QED) is 0.581. The summed E-state index contributed by atoms with van der Waals surface area (Å²) in [6.07, 6.45) is -3.41. The van der Waals surface area contributed by atoms with E-state index in [2.05, 4.69) is 4.98 Å². The van der Waals surface area contributed by atoms with Crippen molar-refractivity contribution in [2.24, 2.45) is 0 Å². The fourth-order valence-corrected chi connectivity index (χ4v) is 2.58. The third kappa shape index (κ3) is 4.07. The normalized spacial score (nSPS) is 11.8. The van der Waals surface area contributed by atoms with Gasteiger partial charge in [-0.05, 0) is 43.7 Å². The maximum Gasteiger partial charge on any atom is 0.434 e. The fourth-order valence-electron chi connectivity index (χ4n) is 2.58. The largest absolute Gasteiger partial charge is 0.489 e. The van der Waals surface area contributed by atoms with Gasteiger partial charge < -0.3 is 9.30 Å². The molecule has 0 unspecified atom stereocenters. The highest BCUT2D eigenvalue weighted by Crippen LogP contribution is 2.33. The first-order valence-electron chi connectivity index (χ1n) is 8.28. The van der Waals surface area contributed by atoms with Crippen molar-refractivity contribution in [3.63, 3.8) is 0 Å². The SMILES string of the molecule is CC(C)n1cc(C(F)(F)F)nc1-c1ccc(OCc2ccccc2)cc1. The van der Waals surface area contributed by atoms with E-state index in [1.165, 1.54) is 4.57 Å². The molecule has 2 aromatic carbocycles. The van der Waals surface area contributed by atoms with Crippen LogP contribution in [0.15, 0.2) is 60.8 Å². The van der Waals surface area contributed by atoms with Crippen LogP contribution in [0.1, 0.15) is 31.1 Å².